The number of rotatable bonds is 55. The lowest BCUT2D eigenvalue weighted by atomic mass is 10.00. The summed E-state index contributed by atoms with van der Waals surface area (Å²) in [4.78, 5) is 12.6. The number of unbranched alkanes of at least 4 members (excludes halogenated alkanes) is 38. The highest BCUT2D eigenvalue weighted by Crippen LogP contribution is 2.17. The zero-order valence-corrected chi connectivity index (χ0v) is 45.4. The van der Waals surface area contributed by atoms with E-state index < -0.39 is 36.9 Å². The van der Waals surface area contributed by atoms with Crippen molar-refractivity contribution in [2.24, 2.45) is 0 Å². The molecule has 0 fully saturated rings. The van der Waals surface area contributed by atoms with Gasteiger partial charge in [0.25, 0.3) is 0 Å². The third-order valence-corrected chi connectivity index (χ3v) is 14.0. The molecule has 6 nitrogen and oxygen atoms in total. The SMILES string of the molecule is CCCCCCCCC/C=C/CC/C=C/CC/C=C/CCCC(O)C(O)C(CO)NC(=O)C(O)CCCCCCCCCCCCCCCCCC/C=C\CCCCCCCCCCCCCC. The van der Waals surface area contributed by atoms with Gasteiger partial charge < -0.3 is 25.7 Å². The Morgan fingerprint density at radius 3 is 0.926 bits per heavy atom. The van der Waals surface area contributed by atoms with Gasteiger partial charge in [-0.05, 0) is 89.9 Å². The fourth-order valence-corrected chi connectivity index (χ4v) is 9.26. The van der Waals surface area contributed by atoms with Crippen molar-refractivity contribution in [3.8, 4) is 0 Å². The van der Waals surface area contributed by atoms with Gasteiger partial charge in [0, 0.05) is 0 Å². The molecule has 4 unspecified atom stereocenters. The topological polar surface area (TPSA) is 110 Å². The maximum absolute atomic E-state index is 12.6. The summed E-state index contributed by atoms with van der Waals surface area (Å²) < 4.78 is 0. The highest BCUT2D eigenvalue weighted by atomic mass is 16.3. The lowest BCUT2D eigenvalue weighted by Gasteiger charge is -2.27. The first-order chi connectivity index (χ1) is 33.5. The molecule has 0 radical (unpaired) electrons. The molecule has 6 heteroatoms. The van der Waals surface area contributed by atoms with E-state index in [2.05, 4.69) is 67.8 Å². The van der Waals surface area contributed by atoms with E-state index in [4.69, 9.17) is 0 Å². The fraction of sp³-hybridized carbons (Fsp3) is 0.855. The fourth-order valence-electron chi connectivity index (χ4n) is 9.26. The van der Waals surface area contributed by atoms with Crippen molar-refractivity contribution in [3.05, 3.63) is 48.6 Å². The van der Waals surface area contributed by atoms with E-state index >= 15 is 0 Å². The molecule has 0 aromatic carbocycles. The number of aliphatic hydroxyl groups is 4. The van der Waals surface area contributed by atoms with Crippen LogP contribution in [0.5, 0.6) is 0 Å². The van der Waals surface area contributed by atoms with Crippen LogP contribution >= 0.6 is 0 Å². The Hall–Kier alpha value is -1.73. The standard InChI is InChI=1S/C62H117NO5/c1-3-5-7-9-11-13-15-17-19-21-23-25-26-27-28-29-30-31-32-33-34-35-36-38-40-42-44-46-48-50-52-54-56-60(66)62(68)63-58(57-64)61(67)59(65)55-53-51-49-47-45-43-41-39-37-24-22-20-18-16-14-12-10-8-6-4-2/h20,22,27-28,39,41,47,49,58-61,64-67H,3-19,21,23-26,29-38,40,42-46,48,50-57H2,1-2H3,(H,63,68)/b22-20+,28-27-,41-39+,49-47+. The van der Waals surface area contributed by atoms with Crippen LogP contribution in [0, 0.1) is 0 Å². The monoisotopic (exact) mass is 956 g/mol. The van der Waals surface area contributed by atoms with Gasteiger partial charge in [0.05, 0.1) is 18.8 Å². The normalized spacial score (nSPS) is 14.0. The third kappa shape index (κ3) is 49.3. The molecule has 400 valence electrons. The quantitative estimate of drug-likeness (QED) is 0.0308. The summed E-state index contributed by atoms with van der Waals surface area (Å²) >= 11 is 0. The van der Waals surface area contributed by atoms with Crippen molar-refractivity contribution in [2.45, 2.75) is 334 Å². The van der Waals surface area contributed by atoms with E-state index in [1.165, 1.54) is 225 Å². The van der Waals surface area contributed by atoms with Crippen LogP contribution in [0.25, 0.3) is 0 Å². The van der Waals surface area contributed by atoms with Gasteiger partial charge in [-0.2, -0.15) is 0 Å². The van der Waals surface area contributed by atoms with E-state index in [0.717, 1.165) is 51.4 Å². The summed E-state index contributed by atoms with van der Waals surface area (Å²) in [5, 5.41) is 44.0. The first-order valence-electron chi connectivity index (χ1n) is 30.0. The molecule has 0 heterocycles. The van der Waals surface area contributed by atoms with Crippen LogP contribution in [0.15, 0.2) is 48.6 Å². The highest BCUT2D eigenvalue weighted by molar-refractivity contribution is 5.80. The van der Waals surface area contributed by atoms with Crippen LogP contribution in [0.4, 0.5) is 0 Å². The number of aliphatic hydroxyl groups excluding tert-OH is 4. The smallest absolute Gasteiger partial charge is 0.249 e. The minimum atomic E-state index is -1.29. The van der Waals surface area contributed by atoms with Crippen LogP contribution in [0.2, 0.25) is 0 Å². The minimum absolute atomic E-state index is 0.360. The second-order valence-corrected chi connectivity index (χ2v) is 20.7. The zero-order valence-electron chi connectivity index (χ0n) is 45.4. The minimum Gasteiger partial charge on any atom is -0.394 e. The molecule has 0 aliphatic carbocycles. The van der Waals surface area contributed by atoms with Crippen molar-refractivity contribution >= 4 is 5.91 Å². The molecular weight excluding hydrogens is 839 g/mol. The maximum Gasteiger partial charge on any atom is 0.249 e. The number of hydrogen-bond acceptors (Lipinski definition) is 5. The molecular formula is C62H117NO5. The predicted molar refractivity (Wildman–Crippen MR) is 297 cm³/mol. The van der Waals surface area contributed by atoms with Crippen LogP contribution < -0.4 is 5.32 Å². The van der Waals surface area contributed by atoms with Gasteiger partial charge in [-0.25, -0.2) is 0 Å². The van der Waals surface area contributed by atoms with Crippen LogP contribution in [0.3, 0.4) is 0 Å². The number of nitrogens with one attached hydrogen (secondary N) is 1. The molecule has 4 atom stereocenters. The Kier molecular flexibility index (Phi) is 54.8. The lowest BCUT2D eigenvalue weighted by molar-refractivity contribution is -0.132. The molecule has 0 rings (SSSR count). The Bertz CT molecular complexity index is 1120. The average Bonchev–Trinajstić information content (AvgIpc) is 3.34. The molecule has 0 saturated carbocycles. The van der Waals surface area contributed by atoms with Gasteiger partial charge in [0.1, 0.15) is 12.2 Å². The second-order valence-electron chi connectivity index (χ2n) is 20.7. The maximum atomic E-state index is 12.6. The highest BCUT2D eigenvalue weighted by Gasteiger charge is 2.28. The molecule has 1 amide bonds. The predicted octanol–water partition coefficient (Wildman–Crippen LogP) is 17.8. The van der Waals surface area contributed by atoms with E-state index in [1.54, 1.807) is 0 Å². The van der Waals surface area contributed by atoms with Crippen LogP contribution in [0.1, 0.15) is 309 Å². The van der Waals surface area contributed by atoms with Gasteiger partial charge in [0.2, 0.25) is 5.91 Å². The van der Waals surface area contributed by atoms with Crippen molar-refractivity contribution in [2.75, 3.05) is 6.61 Å². The number of carbonyl (C=O) groups is 1. The summed E-state index contributed by atoms with van der Waals surface area (Å²) in [7, 11) is 0. The van der Waals surface area contributed by atoms with Gasteiger partial charge in [-0.15, -0.1) is 0 Å². The number of hydrogen-bond donors (Lipinski definition) is 5. The Morgan fingerprint density at radius 2 is 0.618 bits per heavy atom. The molecule has 0 spiro atoms. The van der Waals surface area contributed by atoms with Crippen molar-refractivity contribution in [3.63, 3.8) is 0 Å². The van der Waals surface area contributed by atoms with E-state index in [0.29, 0.717) is 19.3 Å². The van der Waals surface area contributed by atoms with Crippen molar-refractivity contribution in [1.29, 1.82) is 0 Å². The van der Waals surface area contributed by atoms with Gasteiger partial charge in [-0.1, -0.05) is 268 Å². The molecule has 5 N–H and O–H groups in total. The van der Waals surface area contributed by atoms with Crippen LogP contribution in [-0.4, -0.2) is 57.3 Å². The molecule has 0 saturated heterocycles. The average molecular weight is 957 g/mol. The third-order valence-electron chi connectivity index (χ3n) is 14.0. The van der Waals surface area contributed by atoms with E-state index in [1.807, 2.05) is 0 Å². The zero-order chi connectivity index (χ0) is 49.5. The summed E-state index contributed by atoms with van der Waals surface area (Å²) in [5.41, 5.74) is 0. The largest absolute Gasteiger partial charge is 0.394 e. The van der Waals surface area contributed by atoms with E-state index in [-0.39, 0.29) is 0 Å². The Labute approximate surface area is 423 Å². The van der Waals surface area contributed by atoms with Gasteiger partial charge >= 0.3 is 0 Å². The molecule has 0 aromatic heterocycles. The molecule has 68 heavy (non-hydrogen) atoms. The first kappa shape index (κ1) is 66.3. The molecule has 0 aliphatic rings. The van der Waals surface area contributed by atoms with Crippen LogP contribution in [-0.2, 0) is 4.79 Å². The second kappa shape index (κ2) is 56.2. The van der Waals surface area contributed by atoms with Crippen molar-refractivity contribution in [1.82, 2.24) is 5.32 Å². The molecule has 0 bridgehead atoms. The molecule has 0 aliphatic heterocycles. The molecule has 0 aromatic rings. The first-order valence-corrected chi connectivity index (χ1v) is 30.0. The van der Waals surface area contributed by atoms with E-state index in [9.17, 15) is 25.2 Å². The Balaban J connectivity index is 3.63. The number of amides is 1. The summed E-state index contributed by atoms with van der Waals surface area (Å²) in [5.74, 6) is -0.596. The van der Waals surface area contributed by atoms with Crippen molar-refractivity contribution < 1.29 is 25.2 Å². The van der Waals surface area contributed by atoms with Gasteiger partial charge in [0.15, 0.2) is 0 Å². The summed E-state index contributed by atoms with van der Waals surface area (Å²) in [6.45, 7) is 4.06. The Morgan fingerprint density at radius 1 is 0.353 bits per heavy atom. The summed E-state index contributed by atoms with van der Waals surface area (Å²) in [6, 6.07) is -1.01. The number of allylic oxidation sites excluding steroid dienone is 8. The summed E-state index contributed by atoms with van der Waals surface area (Å²) in [6.07, 6.45) is 72.0. The lowest BCUT2D eigenvalue weighted by Crippen LogP contribution is -2.53. The number of carbonyl (C=O) groups excluding carboxylic acids is 1. The van der Waals surface area contributed by atoms with Gasteiger partial charge in [-0.3, -0.25) is 4.79 Å².